The van der Waals surface area contributed by atoms with Crippen LogP contribution in [-0.2, 0) is 6.42 Å². The summed E-state index contributed by atoms with van der Waals surface area (Å²) in [7, 11) is 0. The standard InChI is InChI=1S/C8H9N5O/c9-3-1-7-12-8(14-13-7)6-2-4-10-11-5-6/h2,4-5H,1,3,9H2. The zero-order valence-electron chi connectivity index (χ0n) is 7.42. The molecule has 0 saturated heterocycles. The Morgan fingerprint density at radius 1 is 1.36 bits per heavy atom. The van der Waals surface area contributed by atoms with Crippen LogP contribution in [0.15, 0.2) is 23.0 Å². The smallest absolute Gasteiger partial charge is 0.259 e. The Morgan fingerprint density at radius 2 is 2.29 bits per heavy atom. The summed E-state index contributed by atoms with van der Waals surface area (Å²) in [4.78, 5) is 4.14. The van der Waals surface area contributed by atoms with Crippen LogP contribution in [0, 0.1) is 0 Å². The molecule has 2 aromatic rings. The zero-order chi connectivity index (χ0) is 9.80. The first-order valence-corrected chi connectivity index (χ1v) is 4.20. The molecule has 0 aliphatic heterocycles. The van der Waals surface area contributed by atoms with Crippen LogP contribution in [-0.4, -0.2) is 26.9 Å². The minimum absolute atomic E-state index is 0.448. The number of hydrogen-bond donors (Lipinski definition) is 1. The van der Waals surface area contributed by atoms with E-state index < -0.39 is 0 Å². The Hall–Kier alpha value is -1.82. The Bertz CT molecular complexity index is 399. The SMILES string of the molecule is NCCc1noc(-c2ccnnc2)n1. The maximum atomic E-state index is 5.36. The minimum atomic E-state index is 0.448. The summed E-state index contributed by atoms with van der Waals surface area (Å²) in [5.41, 5.74) is 6.12. The van der Waals surface area contributed by atoms with Crippen LogP contribution < -0.4 is 5.73 Å². The first-order chi connectivity index (χ1) is 6.90. The summed E-state index contributed by atoms with van der Waals surface area (Å²) in [6.45, 7) is 0.508. The molecule has 0 radical (unpaired) electrons. The normalized spacial score (nSPS) is 10.4. The van der Waals surface area contributed by atoms with Crippen molar-refractivity contribution in [3.05, 3.63) is 24.3 Å². The number of aromatic nitrogens is 4. The lowest BCUT2D eigenvalue weighted by Gasteiger charge is -1.88. The molecule has 72 valence electrons. The van der Waals surface area contributed by atoms with Crippen molar-refractivity contribution in [2.45, 2.75) is 6.42 Å². The van der Waals surface area contributed by atoms with Gasteiger partial charge in [0.2, 0.25) is 0 Å². The van der Waals surface area contributed by atoms with E-state index in [1.165, 1.54) is 0 Å². The van der Waals surface area contributed by atoms with Gasteiger partial charge in [-0.3, -0.25) is 0 Å². The van der Waals surface area contributed by atoms with Gasteiger partial charge in [-0.15, -0.1) is 0 Å². The van der Waals surface area contributed by atoms with Gasteiger partial charge < -0.3 is 10.3 Å². The molecule has 14 heavy (non-hydrogen) atoms. The summed E-state index contributed by atoms with van der Waals surface area (Å²) < 4.78 is 5.02. The third-order valence-corrected chi connectivity index (χ3v) is 1.67. The molecule has 0 fully saturated rings. The van der Waals surface area contributed by atoms with E-state index in [1.54, 1.807) is 18.5 Å². The van der Waals surface area contributed by atoms with E-state index in [2.05, 4.69) is 20.3 Å². The average molecular weight is 191 g/mol. The van der Waals surface area contributed by atoms with Crippen molar-refractivity contribution < 1.29 is 4.52 Å². The lowest BCUT2D eigenvalue weighted by molar-refractivity contribution is 0.422. The van der Waals surface area contributed by atoms with Crippen LogP contribution in [0.5, 0.6) is 0 Å². The van der Waals surface area contributed by atoms with Crippen molar-refractivity contribution in [1.82, 2.24) is 20.3 Å². The topological polar surface area (TPSA) is 90.7 Å². The lowest BCUT2D eigenvalue weighted by Crippen LogP contribution is -2.03. The van der Waals surface area contributed by atoms with Gasteiger partial charge in [0.25, 0.3) is 5.89 Å². The minimum Gasteiger partial charge on any atom is -0.334 e. The molecule has 0 amide bonds. The van der Waals surface area contributed by atoms with Crippen LogP contribution >= 0.6 is 0 Å². The van der Waals surface area contributed by atoms with Gasteiger partial charge in [0.05, 0.1) is 18.0 Å². The molecular weight excluding hydrogens is 182 g/mol. The molecule has 0 spiro atoms. The number of hydrogen-bond acceptors (Lipinski definition) is 6. The number of nitrogens with zero attached hydrogens (tertiary/aromatic N) is 4. The molecule has 0 unspecified atom stereocenters. The van der Waals surface area contributed by atoms with Gasteiger partial charge in [0, 0.05) is 6.42 Å². The fourth-order valence-corrected chi connectivity index (χ4v) is 1.02. The van der Waals surface area contributed by atoms with E-state index in [0.29, 0.717) is 24.7 Å². The highest BCUT2D eigenvalue weighted by atomic mass is 16.5. The number of rotatable bonds is 3. The van der Waals surface area contributed by atoms with Gasteiger partial charge in [0.15, 0.2) is 5.82 Å². The lowest BCUT2D eigenvalue weighted by atomic mass is 10.3. The second-order valence-corrected chi connectivity index (χ2v) is 2.69. The Labute approximate surface area is 80.2 Å². The number of nitrogens with two attached hydrogens (primary N) is 1. The van der Waals surface area contributed by atoms with Crippen molar-refractivity contribution in [3.8, 4) is 11.5 Å². The van der Waals surface area contributed by atoms with Crippen molar-refractivity contribution in [2.75, 3.05) is 6.54 Å². The molecule has 6 heteroatoms. The van der Waals surface area contributed by atoms with E-state index in [4.69, 9.17) is 10.3 Å². The Kier molecular flexibility index (Phi) is 2.46. The Morgan fingerprint density at radius 3 is 3.00 bits per heavy atom. The predicted molar refractivity (Wildman–Crippen MR) is 48.1 cm³/mol. The van der Waals surface area contributed by atoms with E-state index >= 15 is 0 Å². The second kappa shape index (κ2) is 3.93. The highest BCUT2D eigenvalue weighted by Gasteiger charge is 2.07. The maximum Gasteiger partial charge on any atom is 0.259 e. The molecule has 2 rings (SSSR count). The van der Waals surface area contributed by atoms with Crippen LogP contribution in [0.2, 0.25) is 0 Å². The highest BCUT2D eigenvalue weighted by Crippen LogP contribution is 2.14. The fourth-order valence-electron chi connectivity index (χ4n) is 1.02. The summed E-state index contributed by atoms with van der Waals surface area (Å²) in [6.07, 6.45) is 3.75. The van der Waals surface area contributed by atoms with Crippen molar-refractivity contribution in [2.24, 2.45) is 5.73 Å². The molecule has 2 N–H and O–H groups in total. The summed E-state index contributed by atoms with van der Waals surface area (Å²) in [5, 5.41) is 11.1. The molecule has 0 aromatic carbocycles. The monoisotopic (exact) mass is 191 g/mol. The van der Waals surface area contributed by atoms with Gasteiger partial charge in [-0.05, 0) is 12.6 Å². The second-order valence-electron chi connectivity index (χ2n) is 2.69. The van der Waals surface area contributed by atoms with Gasteiger partial charge >= 0.3 is 0 Å². The first-order valence-electron chi connectivity index (χ1n) is 4.20. The van der Waals surface area contributed by atoms with E-state index in [0.717, 1.165) is 5.56 Å². The molecule has 0 aliphatic rings. The molecule has 6 nitrogen and oxygen atoms in total. The van der Waals surface area contributed by atoms with E-state index in [1.807, 2.05) is 0 Å². The third kappa shape index (κ3) is 1.74. The fraction of sp³-hybridized carbons (Fsp3) is 0.250. The molecule has 2 aromatic heterocycles. The largest absolute Gasteiger partial charge is 0.334 e. The van der Waals surface area contributed by atoms with Gasteiger partial charge in [0.1, 0.15) is 0 Å². The summed E-state index contributed by atoms with van der Waals surface area (Å²) in [5.74, 6) is 1.06. The highest BCUT2D eigenvalue weighted by molar-refractivity contribution is 5.49. The van der Waals surface area contributed by atoms with Gasteiger partial charge in [-0.2, -0.15) is 15.2 Å². The molecular formula is C8H9N5O. The molecule has 0 saturated carbocycles. The molecule has 0 aliphatic carbocycles. The van der Waals surface area contributed by atoms with E-state index in [9.17, 15) is 0 Å². The predicted octanol–water partition coefficient (Wildman–Crippen LogP) is 0.0278. The van der Waals surface area contributed by atoms with Crippen molar-refractivity contribution in [1.29, 1.82) is 0 Å². The third-order valence-electron chi connectivity index (χ3n) is 1.67. The maximum absolute atomic E-state index is 5.36. The van der Waals surface area contributed by atoms with Crippen LogP contribution in [0.3, 0.4) is 0 Å². The molecule has 2 heterocycles. The molecule has 0 bridgehead atoms. The van der Waals surface area contributed by atoms with Gasteiger partial charge in [-0.25, -0.2) is 0 Å². The summed E-state index contributed by atoms with van der Waals surface area (Å²) >= 11 is 0. The van der Waals surface area contributed by atoms with Gasteiger partial charge in [-0.1, -0.05) is 5.16 Å². The molecule has 0 atom stereocenters. The van der Waals surface area contributed by atoms with Crippen LogP contribution in [0.1, 0.15) is 5.82 Å². The van der Waals surface area contributed by atoms with Crippen LogP contribution in [0.4, 0.5) is 0 Å². The zero-order valence-corrected chi connectivity index (χ0v) is 7.42. The summed E-state index contributed by atoms with van der Waals surface area (Å²) in [6, 6.07) is 1.76. The average Bonchev–Trinajstić information content (AvgIpc) is 2.68. The Balaban J connectivity index is 2.25. The van der Waals surface area contributed by atoms with Crippen molar-refractivity contribution >= 4 is 0 Å². The first kappa shape index (κ1) is 8.76. The van der Waals surface area contributed by atoms with E-state index in [-0.39, 0.29) is 0 Å². The quantitative estimate of drug-likeness (QED) is 0.735. The van der Waals surface area contributed by atoms with Crippen LogP contribution in [0.25, 0.3) is 11.5 Å². The van der Waals surface area contributed by atoms with Crippen molar-refractivity contribution in [3.63, 3.8) is 0 Å².